The lowest BCUT2D eigenvalue weighted by Gasteiger charge is -2.34. The Morgan fingerprint density at radius 3 is 2.22 bits per heavy atom. The molecule has 1 saturated heterocycles. The normalized spacial score (nSPS) is 27.3. The van der Waals surface area contributed by atoms with Crippen molar-refractivity contribution in [3.05, 3.63) is 29.8 Å². The summed E-state index contributed by atoms with van der Waals surface area (Å²) in [6.45, 7) is 4.81. The van der Waals surface area contributed by atoms with Gasteiger partial charge in [0.05, 0.1) is 4.90 Å². The predicted octanol–water partition coefficient (Wildman–Crippen LogP) is 3.90. The van der Waals surface area contributed by atoms with Gasteiger partial charge in [0.2, 0.25) is 10.0 Å². The van der Waals surface area contributed by atoms with Gasteiger partial charge in [-0.05, 0) is 75.6 Å². The van der Waals surface area contributed by atoms with Gasteiger partial charge in [0.1, 0.15) is 0 Å². The number of benzene rings is 1. The number of sulfonamides is 1. The first-order valence-corrected chi connectivity index (χ1v) is 11.6. The summed E-state index contributed by atoms with van der Waals surface area (Å²) in [6, 6.07) is 6.80. The Bertz CT molecular complexity index is 752. The molecule has 150 valence electrons. The van der Waals surface area contributed by atoms with Crippen molar-refractivity contribution in [1.29, 1.82) is 0 Å². The van der Waals surface area contributed by atoms with Crippen LogP contribution in [0, 0.1) is 5.92 Å². The second kappa shape index (κ2) is 8.31. The van der Waals surface area contributed by atoms with Gasteiger partial charge in [0.15, 0.2) is 0 Å². The van der Waals surface area contributed by atoms with E-state index in [1.807, 2.05) is 18.9 Å². The summed E-state index contributed by atoms with van der Waals surface area (Å²) in [4.78, 5) is 14.9. The van der Waals surface area contributed by atoms with Gasteiger partial charge in [-0.15, -0.1) is 0 Å². The summed E-state index contributed by atoms with van der Waals surface area (Å²) in [7, 11) is -1.63. The van der Waals surface area contributed by atoms with Crippen LogP contribution in [-0.2, 0) is 10.0 Å². The number of piperidine rings is 1. The molecular weight excluding hydrogens is 360 g/mol. The lowest BCUT2D eigenvalue weighted by molar-refractivity contribution is 0.0679. The summed E-state index contributed by atoms with van der Waals surface area (Å²) in [5.41, 5.74) is 0.557. The van der Waals surface area contributed by atoms with E-state index in [1.54, 1.807) is 28.6 Å². The highest BCUT2D eigenvalue weighted by Gasteiger charge is 2.31. The number of carbonyl (C=O) groups excluding carboxylic acids is 1. The number of amides is 1. The molecule has 2 aliphatic rings. The van der Waals surface area contributed by atoms with Crippen molar-refractivity contribution in [3.8, 4) is 0 Å². The fourth-order valence-corrected chi connectivity index (χ4v) is 6.03. The fourth-order valence-electron chi connectivity index (χ4n) is 4.33. The summed E-state index contributed by atoms with van der Waals surface area (Å²) in [5.74, 6) is 0.719. The van der Waals surface area contributed by atoms with Crippen LogP contribution < -0.4 is 0 Å². The SMILES string of the molecule is CC1CCC(N(C)C(=O)c2ccc(S(=O)(=O)N3CCCCC3C)cc2)CC1. The molecule has 0 aromatic heterocycles. The van der Waals surface area contributed by atoms with Crippen LogP contribution in [0.3, 0.4) is 0 Å². The zero-order valence-electron chi connectivity index (χ0n) is 16.7. The van der Waals surface area contributed by atoms with Crippen molar-refractivity contribution >= 4 is 15.9 Å². The molecule has 0 N–H and O–H groups in total. The van der Waals surface area contributed by atoms with Crippen LogP contribution >= 0.6 is 0 Å². The highest BCUT2D eigenvalue weighted by molar-refractivity contribution is 7.89. The van der Waals surface area contributed by atoms with Crippen LogP contribution in [0.15, 0.2) is 29.2 Å². The minimum Gasteiger partial charge on any atom is -0.339 e. The molecular formula is C21H32N2O3S. The van der Waals surface area contributed by atoms with Crippen LogP contribution in [0.1, 0.15) is 69.2 Å². The highest BCUT2D eigenvalue weighted by atomic mass is 32.2. The molecule has 5 nitrogen and oxygen atoms in total. The van der Waals surface area contributed by atoms with Crippen molar-refractivity contribution in [2.24, 2.45) is 5.92 Å². The molecule has 1 unspecified atom stereocenters. The lowest BCUT2D eigenvalue weighted by atomic mass is 9.86. The summed E-state index contributed by atoms with van der Waals surface area (Å²) < 4.78 is 27.4. The van der Waals surface area contributed by atoms with E-state index < -0.39 is 10.0 Å². The monoisotopic (exact) mass is 392 g/mol. The number of carbonyl (C=O) groups is 1. The minimum atomic E-state index is -3.49. The van der Waals surface area contributed by atoms with Crippen LogP contribution in [0.5, 0.6) is 0 Å². The molecule has 2 fully saturated rings. The molecule has 1 atom stereocenters. The van der Waals surface area contributed by atoms with Gasteiger partial charge in [0.25, 0.3) is 5.91 Å². The van der Waals surface area contributed by atoms with Gasteiger partial charge in [-0.1, -0.05) is 13.3 Å². The molecule has 1 heterocycles. The zero-order valence-corrected chi connectivity index (χ0v) is 17.5. The molecule has 0 radical (unpaired) electrons. The molecule has 3 rings (SSSR count). The maximum absolute atomic E-state index is 12.9. The summed E-state index contributed by atoms with van der Waals surface area (Å²) in [6.07, 6.45) is 7.30. The second-order valence-electron chi connectivity index (χ2n) is 8.31. The van der Waals surface area contributed by atoms with Gasteiger partial charge in [-0.25, -0.2) is 8.42 Å². The predicted molar refractivity (Wildman–Crippen MR) is 107 cm³/mol. The Hall–Kier alpha value is -1.40. The van der Waals surface area contributed by atoms with Gasteiger partial charge in [0, 0.05) is 31.2 Å². The van der Waals surface area contributed by atoms with E-state index in [0.29, 0.717) is 12.1 Å². The third-order valence-corrected chi connectivity index (χ3v) is 8.33. The molecule has 1 aromatic carbocycles. The van der Waals surface area contributed by atoms with Gasteiger partial charge < -0.3 is 4.90 Å². The van der Waals surface area contributed by atoms with Gasteiger partial charge >= 0.3 is 0 Å². The molecule has 27 heavy (non-hydrogen) atoms. The van der Waals surface area contributed by atoms with Crippen LogP contribution in [0.25, 0.3) is 0 Å². The van der Waals surface area contributed by atoms with Crippen molar-refractivity contribution in [3.63, 3.8) is 0 Å². The molecule has 1 aliphatic heterocycles. The van der Waals surface area contributed by atoms with E-state index in [9.17, 15) is 13.2 Å². The minimum absolute atomic E-state index is 0.0233. The lowest BCUT2D eigenvalue weighted by Crippen LogP contribution is -2.42. The molecule has 1 aromatic rings. The molecule has 1 aliphatic carbocycles. The number of rotatable bonds is 4. The molecule has 0 spiro atoms. The second-order valence-corrected chi connectivity index (χ2v) is 10.2. The third-order valence-electron chi connectivity index (χ3n) is 6.30. The van der Waals surface area contributed by atoms with Gasteiger partial charge in [-0.2, -0.15) is 4.31 Å². The molecule has 6 heteroatoms. The Morgan fingerprint density at radius 1 is 1.00 bits per heavy atom. The Kier molecular flexibility index (Phi) is 6.26. The highest BCUT2D eigenvalue weighted by Crippen LogP contribution is 2.28. The number of nitrogens with zero attached hydrogens (tertiary/aromatic N) is 2. The average molecular weight is 393 g/mol. The standard InChI is InChI=1S/C21H32N2O3S/c1-16-7-11-19(12-8-16)22(3)21(24)18-9-13-20(14-10-18)27(25,26)23-15-5-4-6-17(23)2/h9-10,13-14,16-17,19H,4-8,11-12,15H2,1-3H3. The smallest absolute Gasteiger partial charge is 0.253 e. The van der Waals surface area contributed by atoms with E-state index >= 15 is 0 Å². The van der Waals surface area contributed by atoms with Crippen LogP contribution in [0.2, 0.25) is 0 Å². The Balaban J connectivity index is 1.71. The van der Waals surface area contributed by atoms with E-state index in [4.69, 9.17) is 0 Å². The first-order chi connectivity index (χ1) is 12.8. The maximum atomic E-state index is 12.9. The van der Waals surface area contributed by atoms with Crippen LogP contribution in [-0.4, -0.2) is 49.2 Å². The van der Waals surface area contributed by atoms with Crippen molar-refractivity contribution < 1.29 is 13.2 Å². The molecule has 1 amide bonds. The topological polar surface area (TPSA) is 57.7 Å². The van der Waals surface area contributed by atoms with E-state index in [2.05, 4.69) is 6.92 Å². The zero-order chi connectivity index (χ0) is 19.6. The fraction of sp³-hybridized carbons (Fsp3) is 0.667. The summed E-state index contributed by atoms with van der Waals surface area (Å²) in [5, 5.41) is 0. The van der Waals surface area contributed by atoms with Crippen molar-refractivity contribution in [1.82, 2.24) is 9.21 Å². The largest absolute Gasteiger partial charge is 0.339 e. The van der Waals surface area contributed by atoms with Crippen molar-refractivity contribution in [2.75, 3.05) is 13.6 Å². The molecule has 1 saturated carbocycles. The summed E-state index contributed by atoms with van der Waals surface area (Å²) >= 11 is 0. The quantitative estimate of drug-likeness (QED) is 0.781. The van der Waals surface area contributed by atoms with Gasteiger partial charge in [-0.3, -0.25) is 4.79 Å². The first-order valence-electron chi connectivity index (χ1n) is 10.2. The first kappa shape index (κ1) is 20.3. The Labute approximate surface area is 163 Å². The Morgan fingerprint density at radius 2 is 1.63 bits per heavy atom. The molecule has 0 bridgehead atoms. The third kappa shape index (κ3) is 4.37. The van der Waals surface area contributed by atoms with E-state index in [1.165, 1.54) is 0 Å². The average Bonchev–Trinajstić information content (AvgIpc) is 2.68. The number of hydrogen-bond donors (Lipinski definition) is 0. The van der Waals surface area contributed by atoms with Crippen LogP contribution in [0.4, 0.5) is 0 Å². The number of hydrogen-bond acceptors (Lipinski definition) is 3. The van der Waals surface area contributed by atoms with Crippen molar-refractivity contribution in [2.45, 2.75) is 75.8 Å². The maximum Gasteiger partial charge on any atom is 0.253 e. The van der Waals surface area contributed by atoms with E-state index in [-0.39, 0.29) is 22.9 Å². The van der Waals surface area contributed by atoms with E-state index in [0.717, 1.165) is 50.9 Å².